The van der Waals surface area contributed by atoms with Crippen LogP contribution in [0.5, 0.6) is 0 Å². The second kappa shape index (κ2) is 4.77. The molecule has 1 aromatic heterocycles. The maximum absolute atomic E-state index is 5.79. The van der Waals surface area contributed by atoms with Crippen molar-refractivity contribution in [1.29, 1.82) is 0 Å². The maximum atomic E-state index is 5.79. The van der Waals surface area contributed by atoms with Gasteiger partial charge in [0.2, 0.25) is 0 Å². The lowest BCUT2D eigenvalue weighted by Gasteiger charge is -2.34. The fourth-order valence-electron chi connectivity index (χ4n) is 1.99. The summed E-state index contributed by atoms with van der Waals surface area (Å²) >= 11 is 0. The summed E-state index contributed by atoms with van der Waals surface area (Å²) < 4.78 is 7.79. The molecule has 0 radical (unpaired) electrons. The zero-order valence-electron chi connectivity index (χ0n) is 9.44. The number of nitrogens with zero attached hydrogens (tertiary/aromatic N) is 2. The molecule has 1 aliphatic carbocycles. The first-order valence-corrected chi connectivity index (χ1v) is 5.51. The third kappa shape index (κ3) is 2.58. The first-order chi connectivity index (χ1) is 7.29. The lowest BCUT2D eigenvalue weighted by atomic mass is 9.82. The monoisotopic (exact) mass is 209 g/mol. The summed E-state index contributed by atoms with van der Waals surface area (Å²) in [5.41, 5.74) is 1.15. The molecule has 1 heterocycles. The summed E-state index contributed by atoms with van der Waals surface area (Å²) in [5.74, 6) is 0.812. The molecule has 0 unspecified atom stereocenters. The van der Waals surface area contributed by atoms with E-state index in [0.717, 1.165) is 18.2 Å². The van der Waals surface area contributed by atoms with Gasteiger partial charge in [-0.1, -0.05) is 0 Å². The van der Waals surface area contributed by atoms with Crippen LogP contribution in [0.15, 0.2) is 12.5 Å². The third-order valence-electron chi connectivity index (χ3n) is 3.07. The van der Waals surface area contributed by atoms with E-state index in [0.29, 0.717) is 12.7 Å². The number of ether oxygens (including phenoxy) is 1. The van der Waals surface area contributed by atoms with E-state index in [-0.39, 0.29) is 0 Å². The van der Waals surface area contributed by atoms with Crippen LogP contribution in [0, 0.1) is 5.92 Å². The standard InChI is InChI=1S/C11H19N3O/c1-12-5-9-3-11(4-9)15-7-10-6-13-8-14(10)2/h6,8-9,11-12H,3-5,7H2,1-2H3. The highest BCUT2D eigenvalue weighted by Crippen LogP contribution is 2.29. The van der Waals surface area contributed by atoms with E-state index < -0.39 is 0 Å². The van der Waals surface area contributed by atoms with Gasteiger partial charge in [-0.15, -0.1) is 0 Å². The molecular weight excluding hydrogens is 190 g/mol. The molecular formula is C11H19N3O. The van der Waals surface area contributed by atoms with Crippen LogP contribution in [0.4, 0.5) is 0 Å². The Labute approximate surface area is 90.6 Å². The lowest BCUT2D eigenvalue weighted by Crippen LogP contribution is -2.36. The molecule has 1 saturated carbocycles. The van der Waals surface area contributed by atoms with E-state index in [9.17, 15) is 0 Å². The summed E-state index contributed by atoms with van der Waals surface area (Å²) in [5, 5.41) is 3.20. The Kier molecular flexibility index (Phi) is 3.38. The van der Waals surface area contributed by atoms with Gasteiger partial charge in [-0.05, 0) is 32.4 Å². The first kappa shape index (κ1) is 10.6. The quantitative estimate of drug-likeness (QED) is 0.784. The van der Waals surface area contributed by atoms with Gasteiger partial charge in [0, 0.05) is 7.05 Å². The van der Waals surface area contributed by atoms with Crippen LogP contribution in [0.25, 0.3) is 0 Å². The second-order valence-electron chi connectivity index (χ2n) is 4.32. The van der Waals surface area contributed by atoms with Gasteiger partial charge in [-0.3, -0.25) is 0 Å². The van der Waals surface area contributed by atoms with Crippen LogP contribution in [0.3, 0.4) is 0 Å². The summed E-state index contributed by atoms with van der Waals surface area (Å²) in [6.45, 7) is 1.80. The molecule has 4 nitrogen and oxygen atoms in total. The van der Waals surface area contributed by atoms with Crippen LogP contribution in [0.2, 0.25) is 0 Å². The molecule has 0 bridgehead atoms. The Balaban J connectivity index is 1.66. The molecule has 0 amide bonds. The molecule has 15 heavy (non-hydrogen) atoms. The SMILES string of the molecule is CNCC1CC(OCc2cncn2C)C1. The molecule has 1 aliphatic rings. The van der Waals surface area contributed by atoms with Crippen molar-refractivity contribution in [1.82, 2.24) is 14.9 Å². The van der Waals surface area contributed by atoms with Crippen molar-refractivity contribution in [3.8, 4) is 0 Å². The van der Waals surface area contributed by atoms with Gasteiger partial charge in [-0.25, -0.2) is 4.98 Å². The minimum absolute atomic E-state index is 0.457. The van der Waals surface area contributed by atoms with E-state index in [4.69, 9.17) is 4.74 Å². The average Bonchev–Trinajstić information content (AvgIpc) is 2.55. The van der Waals surface area contributed by atoms with Gasteiger partial charge in [0.25, 0.3) is 0 Å². The van der Waals surface area contributed by atoms with Gasteiger partial charge in [0.1, 0.15) is 0 Å². The molecule has 0 atom stereocenters. The third-order valence-corrected chi connectivity index (χ3v) is 3.07. The van der Waals surface area contributed by atoms with Gasteiger partial charge in [0.05, 0.1) is 30.9 Å². The topological polar surface area (TPSA) is 39.1 Å². The molecule has 2 rings (SSSR count). The average molecular weight is 209 g/mol. The van der Waals surface area contributed by atoms with Crippen molar-refractivity contribution in [2.24, 2.45) is 13.0 Å². The predicted octanol–water partition coefficient (Wildman–Crippen LogP) is 0.935. The van der Waals surface area contributed by atoms with Gasteiger partial charge < -0.3 is 14.6 Å². The summed E-state index contributed by atoms with van der Waals surface area (Å²) in [6, 6.07) is 0. The van der Waals surface area contributed by atoms with Crippen LogP contribution in [-0.2, 0) is 18.4 Å². The minimum Gasteiger partial charge on any atom is -0.372 e. The van der Waals surface area contributed by atoms with E-state index >= 15 is 0 Å². The molecule has 4 heteroatoms. The summed E-state index contributed by atoms with van der Waals surface area (Å²) in [4.78, 5) is 4.06. The second-order valence-corrected chi connectivity index (χ2v) is 4.32. The molecule has 1 aromatic rings. The number of rotatable bonds is 5. The highest BCUT2D eigenvalue weighted by molar-refractivity contribution is 4.95. The van der Waals surface area contributed by atoms with E-state index in [2.05, 4.69) is 10.3 Å². The zero-order chi connectivity index (χ0) is 10.7. The van der Waals surface area contributed by atoms with Crippen LogP contribution in [0.1, 0.15) is 18.5 Å². The maximum Gasteiger partial charge on any atom is 0.0946 e. The van der Waals surface area contributed by atoms with Gasteiger partial charge in [0.15, 0.2) is 0 Å². The Morgan fingerprint density at radius 3 is 3.00 bits per heavy atom. The first-order valence-electron chi connectivity index (χ1n) is 5.51. The number of aryl methyl sites for hydroxylation is 1. The summed E-state index contributed by atoms with van der Waals surface area (Å²) in [7, 11) is 4.00. The van der Waals surface area contributed by atoms with Crippen molar-refractivity contribution in [3.63, 3.8) is 0 Å². The predicted molar refractivity (Wildman–Crippen MR) is 58.4 cm³/mol. The van der Waals surface area contributed by atoms with E-state index in [1.165, 1.54) is 12.8 Å². The Hall–Kier alpha value is -0.870. The Bertz CT molecular complexity index is 305. The van der Waals surface area contributed by atoms with E-state index in [1.54, 1.807) is 0 Å². The highest BCUT2D eigenvalue weighted by Gasteiger charge is 2.29. The normalized spacial score (nSPS) is 25.2. The molecule has 0 aromatic carbocycles. The molecule has 0 aliphatic heterocycles. The van der Waals surface area contributed by atoms with Crippen molar-refractivity contribution in [2.75, 3.05) is 13.6 Å². The Morgan fingerprint density at radius 2 is 2.40 bits per heavy atom. The number of imidazole rings is 1. The molecule has 84 valence electrons. The number of hydrogen-bond acceptors (Lipinski definition) is 3. The van der Waals surface area contributed by atoms with Crippen LogP contribution in [-0.4, -0.2) is 29.2 Å². The fourth-order valence-corrected chi connectivity index (χ4v) is 1.99. The smallest absolute Gasteiger partial charge is 0.0946 e. The fraction of sp³-hybridized carbons (Fsp3) is 0.727. The number of hydrogen-bond donors (Lipinski definition) is 1. The molecule has 1 fully saturated rings. The largest absolute Gasteiger partial charge is 0.372 e. The molecule has 1 N–H and O–H groups in total. The van der Waals surface area contributed by atoms with Crippen molar-refractivity contribution < 1.29 is 4.74 Å². The van der Waals surface area contributed by atoms with Crippen LogP contribution < -0.4 is 5.32 Å². The van der Waals surface area contributed by atoms with E-state index in [1.807, 2.05) is 31.2 Å². The van der Waals surface area contributed by atoms with Crippen molar-refractivity contribution in [2.45, 2.75) is 25.6 Å². The molecule has 0 spiro atoms. The van der Waals surface area contributed by atoms with Crippen molar-refractivity contribution >= 4 is 0 Å². The number of nitrogens with one attached hydrogen (secondary N) is 1. The van der Waals surface area contributed by atoms with Crippen molar-refractivity contribution in [3.05, 3.63) is 18.2 Å². The lowest BCUT2D eigenvalue weighted by molar-refractivity contribution is -0.0409. The number of aromatic nitrogens is 2. The highest BCUT2D eigenvalue weighted by atomic mass is 16.5. The van der Waals surface area contributed by atoms with Gasteiger partial charge >= 0.3 is 0 Å². The molecule has 0 saturated heterocycles. The Morgan fingerprint density at radius 1 is 1.60 bits per heavy atom. The van der Waals surface area contributed by atoms with Crippen LogP contribution >= 0.6 is 0 Å². The van der Waals surface area contributed by atoms with Gasteiger partial charge in [-0.2, -0.15) is 0 Å². The summed E-state index contributed by atoms with van der Waals surface area (Å²) in [6.07, 6.45) is 6.52. The minimum atomic E-state index is 0.457. The zero-order valence-corrected chi connectivity index (χ0v) is 9.44.